The highest BCUT2D eigenvalue weighted by molar-refractivity contribution is 6.04. The Balaban J connectivity index is 1.54. The Morgan fingerprint density at radius 1 is 0.775 bits per heavy atom. The van der Waals surface area contributed by atoms with Crippen LogP contribution in [0.4, 0.5) is 0 Å². The van der Waals surface area contributed by atoms with Crippen molar-refractivity contribution in [3.05, 3.63) is 81.9 Å². The van der Waals surface area contributed by atoms with Crippen molar-refractivity contribution in [1.29, 1.82) is 0 Å². The Hall–Kier alpha value is -3.14. The van der Waals surface area contributed by atoms with E-state index < -0.39 is 18.0 Å². The minimum absolute atomic E-state index is 0.149. The van der Waals surface area contributed by atoms with Gasteiger partial charge in [-0.2, -0.15) is 0 Å². The summed E-state index contributed by atoms with van der Waals surface area (Å²) in [5.74, 6) is -1.57. The molecule has 1 unspecified atom stereocenters. The van der Waals surface area contributed by atoms with Crippen LogP contribution in [0.2, 0.25) is 0 Å². The standard InChI is InChI=1S/C36H46O4/c1-3-5-7-9-11-13-17-26-23-24-31(34(35(37)38)29(26)21-14-12-10-8-6-4-2)36(39)40-32-25-28-20-15-18-27-19-16-22-30(32)33(27)28/h15-16,18-20,22-24,32H,3-14,17,21,25H2,1-2H3,(H,37,38). The number of carbonyl (C=O) groups excluding carboxylic acids is 1. The Morgan fingerprint density at radius 3 is 2.08 bits per heavy atom. The molecule has 4 heteroatoms. The number of carbonyl (C=O) groups is 2. The van der Waals surface area contributed by atoms with Crippen molar-refractivity contribution in [2.45, 2.75) is 116 Å². The van der Waals surface area contributed by atoms with Crippen LogP contribution in [0, 0.1) is 0 Å². The summed E-state index contributed by atoms with van der Waals surface area (Å²) in [6.07, 6.45) is 15.8. The molecule has 1 aliphatic rings. The molecule has 3 aromatic rings. The van der Waals surface area contributed by atoms with Gasteiger partial charge in [-0.05, 0) is 59.2 Å². The average Bonchev–Trinajstić information content (AvgIpc) is 3.31. The molecular formula is C36H46O4. The maximum Gasteiger partial charge on any atom is 0.339 e. The summed E-state index contributed by atoms with van der Waals surface area (Å²) < 4.78 is 6.06. The first-order valence-electron chi connectivity index (χ1n) is 15.6. The number of unbranched alkanes of at least 4 members (excludes halogenated alkanes) is 10. The maximum atomic E-state index is 13.6. The lowest BCUT2D eigenvalue weighted by molar-refractivity contribution is 0.0305. The number of carboxylic acids is 1. The minimum atomic E-state index is -1.03. The largest absolute Gasteiger partial charge is 0.478 e. The van der Waals surface area contributed by atoms with E-state index in [1.807, 2.05) is 24.3 Å². The number of hydrogen-bond acceptors (Lipinski definition) is 3. The van der Waals surface area contributed by atoms with Gasteiger partial charge in [-0.1, -0.05) is 121 Å². The number of carboxylic acid groups (broad SMARTS) is 1. The summed E-state index contributed by atoms with van der Waals surface area (Å²) in [4.78, 5) is 26.3. The van der Waals surface area contributed by atoms with E-state index in [9.17, 15) is 14.7 Å². The van der Waals surface area contributed by atoms with Crippen molar-refractivity contribution in [3.8, 4) is 0 Å². The maximum absolute atomic E-state index is 13.6. The van der Waals surface area contributed by atoms with Gasteiger partial charge in [0.2, 0.25) is 0 Å². The first-order valence-corrected chi connectivity index (χ1v) is 15.6. The van der Waals surface area contributed by atoms with E-state index >= 15 is 0 Å². The molecule has 3 aromatic carbocycles. The molecule has 0 fully saturated rings. The van der Waals surface area contributed by atoms with Crippen LogP contribution in [0.15, 0.2) is 48.5 Å². The van der Waals surface area contributed by atoms with Crippen molar-refractivity contribution in [2.24, 2.45) is 0 Å². The lowest BCUT2D eigenvalue weighted by Gasteiger charge is -2.19. The number of aromatic carboxylic acids is 1. The molecule has 0 aromatic heterocycles. The molecule has 0 aliphatic heterocycles. The van der Waals surface area contributed by atoms with Crippen LogP contribution in [-0.2, 0) is 24.0 Å². The molecule has 0 saturated carbocycles. The van der Waals surface area contributed by atoms with Crippen molar-refractivity contribution in [2.75, 3.05) is 0 Å². The van der Waals surface area contributed by atoms with Gasteiger partial charge in [-0.3, -0.25) is 0 Å². The monoisotopic (exact) mass is 542 g/mol. The van der Waals surface area contributed by atoms with Gasteiger partial charge in [0.25, 0.3) is 0 Å². The van der Waals surface area contributed by atoms with E-state index in [1.165, 1.54) is 56.9 Å². The summed E-state index contributed by atoms with van der Waals surface area (Å²) in [5, 5.41) is 12.7. The van der Waals surface area contributed by atoms with Crippen LogP contribution in [0.1, 0.15) is 140 Å². The van der Waals surface area contributed by atoms with Crippen LogP contribution >= 0.6 is 0 Å². The second-order valence-electron chi connectivity index (χ2n) is 11.4. The second-order valence-corrected chi connectivity index (χ2v) is 11.4. The Kier molecular flexibility index (Phi) is 11.2. The van der Waals surface area contributed by atoms with Crippen molar-refractivity contribution < 1.29 is 19.4 Å². The quantitative estimate of drug-likeness (QED) is 0.136. The van der Waals surface area contributed by atoms with Crippen LogP contribution in [-0.4, -0.2) is 17.0 Å². The molecule has 0 bridgehead atoms. The molecule has 0 radical (unpaired) electrons. The number of hydrogen-bond donors (Lipinski definition) is 1. The summed E-state index contributed by atoms with van der Waals surface area (Å²) in [6, 6.07) is 16.0. The molecule has 214 valence electrons. The van der Waals surface area contributed by atoms with Crippen LogP contribution < -0.4 is 0 Å². The van der Waals surface area contributed by atoms with Gasteiger partial charge in [0, 0.05) is 12.0 Å². The van der Waals surface area contributed by atoms with Crippen molar-refractivity contribution >= 4 is 22.7 Å². The zero-order valence-electron chi connectivity index (χ0n) is 24.5. The highest BCUT2D eigenvalue weighted by Crippen LogP contribution is 2.39. The zero-order valence-corrected chi connectivity index (χ0v) is 24.5. The van der Waals surface area contributed by atoms with Crippen LogP contribution in [0.5, 0.6) is 0 Å². The number of benzene rings is 3. The lowest BCUT2D eigenvalue weighted by atomic mass is 9.89. The van der Waals surface area contributed by atoms with E-state index in [0.29, 0.717) is 12.8 Å². The fourth-order valence-corrected chi connectivity index (χ4v) is 6.30. The minimum Gasteiger partial charge on any atom is -0.478 e. The predicted octanol–water partition coefficient (Wildman–Crippen LogP) is 9.80. The summed E-state index contributed by atoms with van der Waals surface area (Å²) in [5.41, 5.74) is 4.42. The molecule has 1 N–H and O–H groups in total. The van der Waals surface area contributed by atoms with E-state index in [0.717, 1.165) is 59.6 Å². The van der Waals surface area contributed by atoms with Gasteiger partial charge in [0.05, 0.1) is 11.1 Å². The topological polar surface area (TPSA) is 63.6 Å². The highest BCUT2D eigenvalue weighted by atomic mass is 16.5. The van der Waals surface area contributed by atoms with Gasteiger partial charge in [0.15, 0.2) is 0 Å². The number of rotatable bonds is 17. The van der Waals surface area contributed by atoms with E-state index in [-0.39, 0.29) is 11.1 Å². The lowest BCUT2D eigenvalue weighted by Crippen LogP contribution is -2.18. The SMILES string of the molecule is CCCCCCCCc1ccc(C(=O)OC2Cc3cccc4cccc2c34)c(C(=O)O)c1CCCCCCCC. The van der Waals surface area contributed by atoms with Gasteiger partial charge in [-0.25, -0.2) is 9.59 Å². The average molecular weight is 543 g/mol. The molecule has 4 rings (SSSR count). The Morgan fingerprint density at radius 2 is 1.40 bits per heavy atom. The fourth-order valence-electron chi connectivity index (χ4n) is 6.30. The number of ether oxygens (including phenoxy) is 1. The summed E-state index contributed by atoms with van der Waals surface area (Å²) in [7, 11) is 0. The predicted molar refractivity (Wildman–Crippen MR) is 163 cm³/mol. The molecule has 0 spiro atoms. The molecule has 1 aliphatic carbocycles. The van der Waals surface area contributed by atoms with Gasteiger partial charge >= 0.3 is 11.9 Å². The number of esters is 1. The van der Waals surface area contributed by atoms with E-state index in [2.05, 4.69) is 32.0 Å². The third-order valence-electron chi connectivity index (χ3n) is 8.45. The van der Waals surface area contributed by atoms with E-state index in [4.69, 9.17) is 4.74 Å². The van der Waals surface area contributed by atoms with Crippen LogP contribution in [0.25, 0.3) is 10.8 Å². The Labute approximate surface area is 240 Å². The molecule has 4 nitrogen and oxygen atoms in total. The summed E-state index contributed by atoms with van der Waals surface area (Å²) in [6.45, 7) is 4.43. The molecule has 0 heterocycles. The Bertz CT molecular complexity index is 1290. The second kappa shape index (κ2) is 15.0. The number of aryl methyl sites for hydroxylation is 1. The van der Waals surface area contributed by atoms with Gasteiger partial charge in [0.1, 0.15) is 6.10 Å². The van der Waals surface area contributed by atoms with Gasteiger partial charge in [-0.15, -0.1) is 0 Å². The summed E-state index contributed by atoms with van der Waals surface area (Å²) >= 11 is 0. The molecule has 40 heavy (non-hydrogen) atoms. The third-order valence-corrected chi connectivity index (χ3v) is 8.45. The third kappa shape index (κ3) is 7.33. The fraction of sp³-hybridized carbons (Fsp3) is 0.500. The molecule has 1 atom stereocenters. The van der Waals surface area contributed by atoms with Gasteiger partial charge < -0.3 is 9.84 Å². The molecular weight excluding hydrogens is 496 g/mol. The zero-order chi connectivity index (χ0) is 28.3. The molecule has 0 saturated heterocycles. The highest BCUT2D eigenvalue weighted by Gasteiger charge is 2.30. The van der Waals surface area contributed by atoms with Crippen molar-refractivity contribution in [3.63, 3.8) is 0 Å². The van der Waals surface area contributed by atoms with Crippen molar-refractivity contribution in [1.82, 2.24) is 0 Å². The smallest absolute Gasteiger partial charge is 0.339 e. The molecule has 0 amide bonds. The first-order chi connectivity index (χ1) is 19.5. The normalized spacial score (nSPS) is 14.1. The van der Waals surface area contributed by atoms with Crippen LogP contribution in [0.3, 0.4) is 0 Å². The first kappa shape index (κ1) is 29.8. The van der Waals surface area contributed by atoms with E-state index in [1.54, 1.807) is 6.07 Å².